The summed E-state index contributed by atoms with van der Waals surface area (Å²) in [5.74, 6) is -4.71. The second-order valence-corrected chi connectivity index (χ2v) is 37.0. The Kier molecular flexibility index (Phi) is 58.2. The average molecular weight is 1860 g/mol. The summed E-state index contributed by atoms with van der Waals surface area (Å²) in [6, 6.07) is -0.926. The van der Waals surface area contributed by atoms with Crippen LogP contribution in [0.15, 0.2) is 5.16 Å². The van der Waals surface area contributed by atoms with Gasteiger partial charge in [0, 0.05) is 148 Å². The molecule has 0 bridgehead atoms. The highest BCUT2D eigenvalue weighted by atomic mass is 16.7. The molecule has 4 heterocycles. The Balaban J connectivity index is 1.28. The Morgan fingerprint density at radius 2 is 0.854 bits per heavy atom. The Morgan fingerprint density at radius 1 is 0.462 bits per heavy atom. The van der Waals surface area contributed by atoms with E-state index in [1.165, 1.54) is 20.1 Å². The van der Waals surface area contributed by atoms with Gasteiger partial charge in [-0.15, -0.1) is 0 Å². The molecule has 38 nitrogen and oxygen atoms in total. The van der Waals surface area contributed by atoms with E-state index in [0.29, 0.717) is 129 Å². The summed E-state index contributed by atoms with van der Waals surface area (Å²) in [7, 11) is 0. The van der Waals surface area contributed by atoms with Crippen LogP contribution in [0, 0.1) is 23.2 Å². The molecule has 0 radical (unpaired) electrons. The molecule has 5 amide bonds. The summed E-state index contributed by atoms with van der Waals surface area (Å²) < 4.78 is 64.4. The summed E-state index contributed by atoms with van der Waals surface area (Å²) >= 11 is 0. The lowest BCUT2D eigenvalue weighted by molar-refractivity contribution is -0.311. The Bertz CT molecular complexity index is 3150. The van der Waals surface area contributed by atoms with Crippen LogP contribution in [0.5, 0.6) is 0 Å². The van der Waals surface area contributed by atoms with Crippen LogP contribution >= 0.6 is 0 Å². The number of Topliss-reactive ketones (excluding diaryl/α,β-unsaturated/α-hetero) is 4. The van der Waals surface area contributed by atoms with Crippen molar-refractivity contribution in [1.29, 1.82) is 0 Å². The molecule has 0 aliphatic carbocycles. The predicted molar refractivity (Wildman–Crippen MR) is 474 cm³/mol. The van der Waals surface area contributed by atoms with E-state index in [1.54, 1.807) is 20.8 Å². The first-order valence-corrected chi connectivity index (χ1v) is 47.6. The van der Waals surface area contributed by atoms with E-state index < -0.39 is 159 Å². The van der Waals surface area contributed by atoms with Gasteiger partial charge in [0.2, 0.25) is 29.4 Å². The first kappa shape index (κ1) is 116. The number of hydrogen-bond donors (Lipinski definition) is 15. The number of hydrogen-bond acceptors (Lipinski definition) is 33. The molecule has 4 aliphatic heterocycles. The fraction of sp³-hybridized carbons (Fsp3) is 0.880. The largest absolute Gasteiger partial charge is 0.435 e. The second-order valence-electron chi connectivity index (χ2n) is 37.0. The SMILES string of the molecule is CC(=O)N[C@H]1C(O)C[C@](CC(C)(C)C)(OC=O)OC1C=NOCC(=O)NCCCCCCCCCCCCC(=O)NC(COCCC(=O)CCCCCC(=O)CCCCO[C@H]1OC(CO)[C@@H](O)C(O)[C@H]1C)(COCCC(=O)CCCCCC(=O)CCCCO[C@H]1OC(CO)[C@@H](O)C(O)[C@H]1C)COCCC(=O)NCCCNC(=O)CCCCO[C@H]1OC(CO)[C@@](C)(O)C(O)[C@H]1C. The molecule has 4 saturated heterocycles. The Morgan fingerprint density at radius 3 is 1.31 bits per heavy atom. The molecule has 8 unspecified atom stereocenters. The number of unbranched alkanes of at least 4 members (excludes halogenated alkanes) is 16. The van der Waals surface area contributed by atoms with Gasteiger partial charge < -0.3 is 135 Å². The molecule has 0 saturated carbocycles. The van der Waals surface area contributed by atoms with E-state index in [9.17, 15) is 99.0 Å². The highest BCUT2D eigenvalue weighted by Gasteiger charge is 2.53. The molecule has 0 aromatic rings. The van der Waals surface area contributed by atoms with Crippen molar-refractivity contribution in [2.45, 2.75) is 389 Å². The lowest BCUT2D eigenvalue weighted by atomic mass is 9.82. The summed E-state index contributed by atoms with van der Waals surface area (Å²) in [5.41, 5.74) is -3.37. The quantitative estimate of drug-likeness (QED) is 0.0173. The van der Waals surface area contributed by atoms with Gasteiger partial charge in [-0.2, -0.15) is 0 Å². The Labute approximate surface area is 767 Å². The van der Waals surface area contributed by atoms with Crippen molar-refractivity contribution in [3.05, 3.63) is 0 Å². The Hall–Kier alpha value is -5.83. The number of ether oxygens (including phenoxy) is 11. The maximum atomic E-state index is 14.1. The monoisotopic (exact) mass is 1860 g/mol. The molecular weight excluding hydrogens is 1700 g/mol. The molecule has 19 atom stereocenters. The van der Waals surface area contributed by atoms with Gasteiger partial charge in [0.15, 0.2) is 25.5 Å². The third-order valence-electron chi connectivity index (χ3n) is 23.9. The van der Waals surface area contributed by atoms with Gasteiger partial charge in [0.1, 0.15) is 70.9 Å². The van der Waals surface area contributed by atoms with Crippen LogP contribution in [0.4, 0.5) is 0 Å². The topological polar surface area (TPSA) is 556 Å². The van der Waals surface area contributed by atoms with E-state index in [0.717, 1.165) is 57.8 Å². The molecule has 15 N–H and O–H groups in total. The van der Waals surface area contributed by atoms with Crippen LogP contribution in [0.3, 0.4) is 0 Å². The second kappa shape index (κ2) is 65.0. The average Bonchev–Trinajstić information content (AvgIpc) is 0.779. The van der Waals surface area contributed by atoms with Crippen molar-refractivity contribution in [2.24, 2.45) is 28.3 Å². The lowest BCUT2D eigenvalue weighted by Gasteiger charge is -2.46. The van der Waals surface area contributed by atoms with Gasteiger partial charge in [-0.05, 0) is 95.8 Å². The number of nitrogens with zero attached hydrogens (tertiary/aromatic N) is 1. The van der Waals surface area contributed by atoms with E-state index in [-0.39, 0.29) is 177 Å². The van der Waals surface area contributed by atoms with Crippen LogP contribution < -0.4 is 26.6 Å². The summed E-state index contributed by atoms with van der Waals surface area (Å²) in [6.07, 6.45) is 6.21. The third kappa shape index (κ3) is 46.6. The zero-order valence-corrected chi connectivity index (χ0v) is 78.6. The molecular formula is C92H162N6O32. The van der Waals surface area contributed by atoms with E-state index in [4.69, 9.17) is 56.9 Å². The molecule has 130 heavy (non-hydrogen) atoms. The lowest BCUT2D eigenvalue weighted by Crippen LogP contribution is -2.62. The summed E-state index contributed by atoms with van der Waals surface area (Å²) in [6.45, 7) is 13.0. The molecule has 4 aliphatic rings. The molecule has 752 valence electrons. The summed E-state index contributed by atoms with van der Waals surface area (Å²) in [4.78, 5) is 133. The minimum atomic E-state index is -1.65. The number of carbonyl (C=O) groups is 10. The molecule has 0 aromatic heterocycles. The van der Waals surface area contributed by atoms with E-state index in [1.807, 2.05) is 20.8 Å². The van der Waals surface area contributed by atoms with Gasteiger partial charge in [0.05, 0.1) is 96.1 Å². The number of amides is 5. The first-order chi connectivity index (χ1) is 62.0. The molecule has 0 spiro atoms. The number of aliphatic hydroxyl groups is 10. The molecule has 38 heteroatoms. The van der Waals surface area contributed by atoms with Crippen LogP contribution in [0.1, 0.15) is 287 Å². The van der Waals surface area contributed by atoms with E-state index in [2.05, 4.69) is 31.7 Å². The van der Waals surface area contributed by atoms with Gasteiger partial charge in [0.25, 0.3) is 12.4 Å². The minimum Gasteiger partial charge on any atom is -0.435 e. The standard InChI is InChI=1S/C92H162N6O32/c1-63-81(113)83(115)73(54-99)127-86(63)122-46-28-24-36-67(104)32-19-17-21-34-69(106)40-49-119-59-91(60-120-50-41-70(107)35-22-18-20-33-68(105)37-25-29-47-123-87-64(2)82(114)84(116)74(55-100)128-87,61-121-51-42-77(110)94-45-31-44-93-76(109)38-26-30-48-124-88-65(3)85(117)90(8,118)75(56-101)129-88)98-78(111)39-23-15-13-11-9-10-12-14-16-27-43-95-79(112)57-126-96-53-72-80(97-66(4)103)71(108)52-92(130-72,125-62-102)58-89(5,6)7/h53,62-65,71-75,80-88,99-101,108,113-118H,9-52,54-61H2,1-8H3,(H,93,109)(H,94,110)(H,95,112)(H,97,103)(H,98,111)/t63-,64-,65-,71?,72?,73?,74?,75?,80+,81?,82?,83-,84-,85?,86+,87+,88+,90-,91?,92+/m1/s1. The molecule has 0 aromatic carbocycles. The van der Waals surface area contributed by atoms with Crippen molar-refractivity contribution >= 4 is 65.4 Å². The fourth-order valence-electron chi connectivity index (χ4n) is 16.2. The van der Waals surface area contributed by atoms with Crippen LogP contribution in [-0.4, -0.2) is 325 Å². The number of nitrogens with one attached hydrogen (secondary N) is 5. The maximum absolute atomic E-state index is 14.1. The van der Waals surface area contributed by atoms with Crippen LogP contribution in [0.2, 0.25) is 0 Å². The van der Waals surface area contributed by atoms with Crippen molar-refractivity contribution < 1.29 is 156 Å². The van der Waals surface area contributed by atoms with E-state index >= 15 is 0 Å². The van der Waals surface area contributed by atoms with Crippen molar-refractivity contribution in [3.8, 4) is 0 Å². The number of rotatable bonds is 74. The number of aliphatic hydroxyl groups excluding tert-OH is 9. The normalized spacial score (nSPS) is 26.9. The predicted octanol–water partition coefficient (Wildman–Crippen LogP) is 4.41. The highest BCUT2D eigenvalue weighted by molar-refractivity contribution is 5.81. The zero-order valence-electron chi connectivity index (χ0n) is 78.6. The van der Waals surface area contributed by atoms with Gasteiger partial charge >= 0.3 is 0 Å². The number of carbonyl (C=O) groups excluding carboxylic acids is 10. The smallest absolute Gasteiger partial charge is 0.295 e. The van der Waals surface area contributed by atoms with Crippen LogP contribution in [-0.2, 0) is 105 Å². The fourth-order valence-corrected chi connectivity index (χ4v) is 16.2. The van der Waals surface area contributed by atoms with Crippen molar-refractivity contribution in [2.75, 3.05) is 106 Å². The van der Waals surface area contributed by atoms with Gasteiger partial charge in [-0.1, -0.05) is 111 Å². The zero-order chi connectivity index (χ0) is 95.9. The van der Waals surface area contributed by atoms with Crippen LogP contribution in [0.25, 0.3) is 0 Å². The van der Waals surface area contributed by atoms with Crippen molar-refractivity contribution in [1.82, 2.24) is 26.6 Å². The highest BCUT2D eigenvalue weighted by Crippen LogP contribution is 2.40. The van der Waals surface area contributed by atoms with Gasteiger partial charge in [-0.3, -0.25) is 47.9 Å². The molecule has 4 rings (SSSR count). The first-order valence-electron chi connectivity index (χ1n) is 47.6. The van der Waals surface area contributed by atoms with Gasteiger partial charge in [-0.25, -0.2) is 0 Å². The third-order valence-corrected chi connectivity index (χ3v) is 23.9. The maximum Gasteiger partial charge on any atom is 0.295 e. The molecule has 4 fully saturated rings. The number of oxime groups is 1. The van der Waals surface area contributed by atoms with Crippen molar-refractivity contribution in [3.63, 3.8) is 0 Å². The minimum absolute atomic E-state index is 0.0133. The number of ketones is 4. The summed E-state index contributed by atoms with van der Waals surface area (Å²) in [5, 5.41) is 120.